The number of hydrogen-bond acceptors (Lipinski definition) is 2. The van der Waals surface area contributed by atoms with Crippen molar-refractivity contribution in [3.05, 3.63) is 42.2 Å². The molecule has 1 aromatic rings. The summed E-state index contributed by atoms with van der Waals surface area (Å²) < 4.78 is 10.1. The van der Waals surface area contributed by atoms with Gasteiger partial charge < -0.3 is 9.47 Å². The van der Waals surface area contributed by atoms with Gasteiger partial charge in [-0.1, -0.05) is 30.3 Å². The standard InChI is InChI=1S/C11H14O2/c1-2-12-10-13-9-8-11-6-4-3-5-7-11/h3-9H,2,10H2,1H3. The Balaban J connectivity index is 2.25. The van der Waals surface area contributed by atoms with E-state index in [9.17, 15) is 0 Å². The smallest absolute Gasteiger partial charge is 0.188 e. The predicted molar refractivity (Wildman–Crippen MR) is 53.1 cm³/mol. The lowest BCUT2D eigenvalue weighted by molar-refractivity contribution is -0.00431. The first-order chi connectivity index (χ1) is 6.43. The predicted octanol–water partition coefficient (Wildman–Crippen LogP) is 2.67. The molecule has 13 heavy (non-hydrogen) atoms. The van der Waals surface area contributed by atoms with Crippen LogP contribution in [0.25, 0.3) is 6.08 Å². The Morgan fingerprint density at radius 3 is 2.69 bits per heavy atom. The molecule has 0 fully saturated rings. The SMILES string of the molecule is CCOCOC=Cc1ccccc1. The molecule has 0 aromatic heterocycles. The van der Waals surface area contributed by atoms with Crippen LogP contribution in [-0.4, -0.2) is 13.4 Å². The third-order valence-electron chi connectivity index (χ3n) is 1.51. The van der Waals surface area contributed by atoms with E-state index in [1.807, 2.05) is 43.3 Å². The van der Waals surface area contributed by atoms with Crippen molar-refractivity contribution in [2.45, 2.75) is 6.92 Å². The minimum atomic E-state index is 0.319. The third-order valence-corrected chi connectivity index (χ3v) is 1.51. The van der Waals surface area contributed by atoms with Crippen LogP contribution in [0.4, 0.5) is 0 Å². The average molecular weight is 178 g/mol. The van der Waals surface area contributed by atoms with Gasteiger partial charge in [-0.3, -0.25) is 0 Å². The molecule has 70 valence electrons. The maximum Gasteiger partial charge on any atom is 0.188 e. The van der Waals surface area contributed by atoms with Gasteiger partial charge in [0.1, 0.15) is 0 Å². The molecule has 0 N–H and O–H groups in total. The summed E-state index contributed by atoms with van der Waals surface area (Å²) in [6, 6.07) is 9.99. The molecule has 2 nitrogen and oxygen atoms in total. The van der Waals surface area contributed by atoms with Crippen LogP contribution in [0.3, 0.4) is 0 Å². The van der Waals surface area contributed by atoms with Crippen LogP contribution in [0, 0.1) is 0 Å². The second-order valence-electron chi connectivity index (χ2n) is 2.49. The van der Waals surface area contributed by atoms with Gasteiger partial charge in [-0.2, -0.15) is 0 Å². The molecular weight excluding hydrogens is 164 g/mol. The summed E-state index contributed by atoms with van der Waals surface area (Å²) in [7, 11) is 0. The Hall–Kier alpha value is -1.28. The van der Waals surface area contributed by atoms with E-state index in [1.54, 1.807) is 6.26 Å². The van der Waals surface area contributed by atoms with Crippen LogP contribution in [0.5, 0.6) is 0 Å². The largest absolute Gasteiger partial charge is 0.475 e. The van der Waals surface area contributed by atoms with E-state index < -0.39 is 0 Å². The molecule has 0 saturated carbocycles. The van der Waals surface area contributed by atoms with Gasteiger partial charge in [0, 0.05) is 6.61 Å². The quantitative estimate of drug-likeness (QED) is 0.392. The monoisotopic (exact) mass is 178 g/mol. The van der Waals surface area contributed by atoms with Crippen molar-refractivity contribution in [3.8, 4) is 0 Å². The van der Waals surface area contributed by atoms with E-state index >= 15 is 0 Å². The lowest BCUT2D eigenvalue weighted by Crippen LogP contribution is -1.93. The summed E-state index contributed by atoms with van der Waals surface area (Å²) in [6.45, 7) is 2.93. The van der Waals surface area contributed by atoms with Crippen molar-refractivity contribution in [3.63, 3.8) is 0 Å². The minimum absolute atomic E-state index is 0.319. The molecule has 1 aromatic carbocycles. The fraction of sp³-hybridized carbons (Fsp3) is 0.273. The zero-order valence-electron chi connectivity index (χ0n) is 7.77. The second kappa shape index (κ2) is 6.26. The first-order valence-corrected chi connectivity index (χ1v) is 4.34. The van der Waals surface area contributed by atoms with E-state index in [2.05, 4.69) is 0 Å². The Labute approximate surface area is 78.8 Å². The van der Waals surface area contributed by atoms with Gasteiger partial charge in [-0.15, -0.1) is 0 Å². The maximum absolute atomic E-state index is 5.08. The van der Waals surface area contributed by atoms with Gasteiger partial charge in [0.2, 0.25) is 0 Å². The van der Waals surface area contributed by atoms with Crippen LogP contribution < -0.4 is 0 Å². The van der Waals surface area contributed by atoms with Crippen LogP contribution in [0.2, 0.25) is 0 Å². The van der Waals surface area contributed by atoms with Crippen LogP contribution in [0.1, 0.15) is 12.5 Å². The molecule has 0 heterocycles. The Morgan fingerprint density at radius 1 is 1.23 bits per heavy atom. The number of rotatable bonds is 5. The first kappa shape index (κ1) is 9.81. The number of hydrogen-bond donors (Lipinski definition) is 0. The zero-order valence-corrected chi connectivity index (χ0v) is 7.77. The fourth-order valence-corrected chi connectivity index (χ4v) is 0.862. The van der Waals surface area contributed by atoms with Crippen molar-refractivity contribution in [2.24, 2.45) is 0 Å². The summed E-state index contributed by atoms with van der Waals surface area (Å²) in [5, 5.41) is 0. The Kier molecular flexibility index (Phi) is 4.72. The van der Waals surface area contributed by atoms with E-state index in [0.29, 0.717) is 13.4 Å². The van der Waals surface area contributed by atoms with E-state index in [0.717, 1.165) is 5.56 Å². The highest BCUT2D eigenvalue weighted by Gasteiger charge is 1.82. The Bertz CT molecular complexity index is 242. The third kappa shape index (κ3) is 4.33. The van der Waals surface area contributed by atoms with Gasteiger partial charge >= 0.3 is 0 Å². The molecular formula is C11H14O2. The van der Waals surface area contributed by atoms with Gasteiger partial charge in [-0.05, 0) is 18.6 Å². The molecule has 0 bridgehead atoms. The van der Waals surface area contributed by atoms with E-state index in [4.69, 9.17) is 9.47 Å². The highest BCUT2D eigenvalue weighted by Crippen LogP contribution is 2.00. The molecule has 0 atom stereocenters. The molecule has 0 radical (unpaired) electrons. The molecule has 2 heteroatoms. The summed E-state index contributed by atoms with van der Waals surface area (Å²) in [5.74, 6) is 0. The van der Waals surface area contributed by atoms with Crippen molar-refractivity contribution in [1.29, 1.82) is 0 Å². The van der Waals surface area contributed by atoms with Gasteiger partial charge in [0.25, 0.3) is 0 Å². The Morgan fingerprint density at radius 2 is 2.00 bits per heavy atom. The highest BCUT2D eigenvalue weighted by atomic mass is 16.7. The van der Waals surface area contributed by atoms with Gasteiger partial charge in [0.15, 0.2) is 6.79 Å². The van der Waals surface area contributed by atoms with Crippen LogP contribution >= 0.6 is 0 Å². The molecule has 0 aliphatic heterocycles. The molecule has 0 spiro atoms. The van der Waals surface area contributed by atoms with Gasteiger partial charge in [0.05, 0.1) is 6.26 Å². The zero-order chi connectivity index (χ0) is 9.36. The van der Waals surface area contributed by atoms with Crippen molar-refractivity contribution in [1.82, 2.24) is 0 Å². The summed E-state index contributed by atoms with van der Waals surface area (Å²) >= 11 is 0. The normalized spacial score (nSPS) is 10.5. The lowest BCUT2D eigenvalue weighted by Gasteiger charge is -1.98. The van der Waals surface area contributed by atoms with E-state index in [-0.39, 0.29) is 0 Å². The van der Waals surface area contributed by atoms with Crippen molar-refractivity contribution < 1.29 is 9.47 Å². The number of benzene rings is 1. The first-order valence-electron chi connectivity index (χ1n) is 4.34. The van der Waals surface area contributed by atoms with E-state index in [1.165, 1.54) is 0 Å². The molecule has 0 aliphatic carbocycles. The van der Waals surface area contributed by atoms with Crippen molar-refractivity contribution >= 4 is 6.08 Å². The lowest BCUT2D eigenvalue weighted by atomic mass is 10.2. The molecule has 1 rings (SSSR count). The fourth-order valence-electron chi connectivity index (χ4n) is 0.862. The molecule has 0 amide bonds. The topological polar surface area (TPSA) is 18.5 Å². The maximum atomic E-state index is 5.08. The second-order valence-corrected chi connectivity index (χ2v) is 2.49. The number of ether oxygens (including phenoxy) is 2. The summed E-state index contributed by atoms with van der Waals surface area (Å²) in [5.41, 5.74) is 1.12. The summed E-state index contributed by atoms with van der Waals surface area (Å²) in [4.78, 5) is 0. The van der Waals surface area contributed by atoms with Crippen LogP contribution in [-0.2, 0) is 9.47 Å². The van der Waals surface area contributed by atoms with Gasteiger partial charge in [-0.25, -0.2) is 0 Å². The highest BCUT2D eigenvalue weighted by molar-refractivity contribution is 5.47. The molecule has 0 saturated heterocycles. The summed E-state index contributed by atoms with van der Waals surface area (Å²) in [6.07, 6.45) is 3.55. The average Bonchev–Trinajstić information content (AvgIpc) is 2.19. The molecule has 0 unspecified atom stereocenters. The molecule has 0 aliphatic rings. The van der Waals surface area contributed by atoms with Crippen LogP contribution in [0.15, 0.2) is 36.6 Å². The van der Waals surface area contributed by atoms with Crippen molar-refractivity contribution in [2.75, 3.05) is 13.4 Å². The minimum Gasteiger partial charge on any atom is -0.475 e.